The van der Waals surface area contributed by atoms with Gasteiger partial charge in [0.05, 0.1) is 0 Å². The summed E-state index contributed by atoms with van der Waals surface area (Å²) in [6, 6.07) is 0. The van der Waals surface area contributed by atoms with Gasteiger partial charge in [-0.25, -0.2) is 0 Å². The van der Waals surface area contributed by atoms with Gasteiger partial charge in [0.25, 0.3) is 0 Å². The van der Waals surface area contributed by atoms with E-state index in [0.717, 1.165) is 0 Å². The molecule has 26 valence electrons. The van der Waals surface area contributed by atoms with Gasteiger partial charge in [-0.3, -0.25) is 0 Å². The number of nitrogens with zero attached hydrogens (tertiary/aromatic N) is 3. The van der Waals surface area contributed by atoms with Crippen molar-refractivity contribution in [3.8, 4) is 0 Å². The molecule has 0 aromatic carbocycles. The van der Waals surface area contributed by atoms with Crippen LogP contribution in [-0.2, 0) is 0 Å². The minimum atomic E-state index is 1.53. The summed E-state index contributed by atoms with van der Waals surface area (Å²) in [4.78, 5) is 0. The molecular formula is C2H2N3-. The highest BCUT2D eigenvalue weighted by atomic mass is 15.3. The Hall–Kier alpha value is -0.860. The molecule has 0 N–H and O–H groups in total. The van der Waals surface area contributed by atoms with Gasteiger partial charge < -0.3 is 15.4 Å². The highest BCUT2D eigenvalue weighted by Crippen LogP contribution is 1.53. The van der Waals surface area contributed by atoms with Crippen LogP contribution in [0.1, 0.15) is 0 Å². The minimum Gasteiger partial charge on any atom is -0.493 e. The largest absolute Gasteiger partial charge is 0.493 e. The minimum absolute atomic E-state index is 1.53. The summed E-state index contributed by atoms with van der Waals surface area (Å²) in [7, 11) is 0. The predicted octanol–water partition coefficient (Wildman–Crippen LogP) is -0.566. The first-order valence-corrected chi connectivity index (χ1v) is 1.25. The lowest BCUT2D eigenvalue weighted by molar-refractivity contribution is 0.910. The van der Waals surface area contributed by atoms with E-state index in [1.54, 1.807) is 0 Å². The number of rotatable bonds is 0. The highest BCUT2D eigenvalue weighted by molar-refractivity contribution is 4.54. The Balaban J connectivity index is 3.13. The number of aromatic nitrogens is 3. The second-order valence-electron chi connectivity index (χ2n) is 0.619. The molecule has 3 heteroatoms. The van der Waals surface area contributed by atoms with E-state index < -0.39 is 0 Å². The molecule has 0 radical (unpaired) electrons. The van der Waals surface area contributed by atoms with Crippen LogP contribution in [0.25, 0.3) is 0 Å². The lowest BCUT2D eigenvalue weighted by Gasteiger charge is -1.71. The van der Waals surface area contributed by atoms with Gasteiger partial charge in [0.15, 0.2) is 0 Å². The molecule has 0 fully saturated rings. The average Bonchev–Trinajstić information content (AvgIpc) is 1.76. The zero-order valence-electron chi connectivity index (χ0n) is 2.50. The molecule has 1 aromatic heterocycles. The molecular weight excluding hydrogens is 66.0 g/mol. The van der Waals surface area contributed by atoms with Crippen molar-refractivity contribution in [1.29, 1.82) is 0 Å². The molecule has 0 saturated carbocycles. The number of hydrogen-bond acceptors (Lipinski definition) is 2. The van der Waals surface area contributed by atoms with Crippen LogP contribution in [0.5, 0.6) is 0 Å². The smallest absolute Gasteiger partial charge is 0.0215 e. The third-order valence-corrected chi connectivity index (χ3v) is 0.303. The SMILES string of the molecule is c1cn[n-]n1. The van der Waals surface area contributed by atoms with Crippen molar-refractivity contribution in [2.75, 3.05) is 0 Å². The summed E-state index contributed by atoms with van der Waals surface area (Å²) in [5, 5.41) is 9.94. The molecule has 0 unspecified atom stereocenters. The van der Waals surface area contributed by atoms with Gasteiger partial charge in [-0.05, 0) is 0 Å². The first-order valence-electron chi connectivity index (χ1n) is 1.25. The fraction of sp³-hybridized carbons (Fsp3) is 0. The Morgan fingerprint density at radius 1 is 1.20 bits per heavy atom. The molecule has 0 aliphatic heterocycles. The maximum atomic E-state index is 3.36. The van der Waals surface area contributed by atoms with Gasteiger partial charge in [-0.15, -0.1) is 0 Å². The molecule has 0 atom stereocenters. The van der Waals surface area contributed by atoms with Crippen LogP contribution in [0.3, 0.4) is 0 Å². The fourth-order valence-corrected chi connectivity index (χ4v) is 0.149. The second-order valence-corrected chi connectivity index (χ2v) is 0.619. The van der Waals surface area contributed by atoms with Crippen LogP contribution < -0.4 is 5.21 Å². The molecule has 0 spiro atoms. The van der Waals surface area contributed by atoms with Crippen molar-refractivity contribution in [3.63, 3.8) is 0 Å². The van der Waals surface area contributed by atoms with Crippen LogP contribution in [-0.4, -0.2) is 10.2 Å². The molecule has 0 saturated heterocycles. The van der Waals surface area contributed by atoms with E-state index in [0.29, 0.717) is 0 Å². The normalized spacial score (nSPS) is 8.00. The number of hydrogen-bond donors (Lipinski definition) is 0. The molecule has 1 heterocycles. The van der Waals surface area contributed by atoms with E-state index in [1.165, 1.54) is 12.4 Å². The Morgan fingerprint density at radius 3 is 2.00 bits per heavy atom. The molecule has 5 heavy (non-hydrogen) atoms. The third-order valence-electron chi connectivity index (χ3n) is 0.303. The van der Waals surface area contributed by atoms with Crippen LogP contribution >= 0.6 is 0 Å². The maximum Gasteiger partial charge on any atom is 0.0215 e. The van der Waals surface area contributed by atoms with E-state index in [4.69, 9.17) is 0 Å². The van der Waals surface area contributed by atoms with Crippen LogP contribution in [0.15, 0.2) is 12.4 Å². The molecule has 1 aromatic rings. The summed E-state index contributed by atoms with van der Waals surface area (Å²) >= 11 is 0. The Morgan fingerprint density at radius 2 is 1.80 bits per heavy atom. The van der Waals surface area contributed by atoms with Gasteiger partial charge >= 0.3 is 0 Å². The topological polar surface area (TPSA) is 39.9 Å². The molecule has 3 nitrogen and oxygen atoms in total. The standard InChI is InChI=1S/C2H2N3/c1-2-4-5-3-1/h1-2H/q-1. The Kier molecular flexibility index (Phi) is 0.400. The Bertz CT molecular complexity index is 61.4. The third kappa shape index (κ3) is 0.238. The van der Waals surface area contributed by atoms with Crippen molar-refractivity contribution in [2.45, 2.75) is 0 Å². The van der Waals surface area contributed by atoms with Crippen molar-refractivity contribution in [1.82, 2.24) is 15.4 Å². The molecule has 0 aliphatic rings. The first-order chi connectivity index (χ1) is 2.50. The van der Waals surface area contributed by atoms with Crippen molar-refractivity contribution in [2.24, 2.45) is 0 Å². The maximum absolute atomic E-state index is 3.36. The summed E-state index contributed by atoms with van der Waals surface area (Å²) in [5.41, 5.74) is 0. The predicted molar refractivity (Wildman–Crippen MR) is 15.4 cm³/mol. The quantitative estimate of drug-likeness (QED) is 0.409. The van der Waals surface area contributed by atoms with Gasteiger partial charge in [-0.2, -0.15) is 0 Å². The van der Waals surface area contributed by atoms with E-state index in [1.807, 2.05) is 0 Å². The van der Waals surface area contributed by atoms with Crippen molar-refractivity contribution in [3.05, 3.63) is 12.4 Å². The zero-order valence-corrected chi connectivity index (χ0v) is 2.50. The monoisotopic (exact) mass is 68.0 g/mol. The lowest BCUT2D eigenvalue weighted by atomic mass is 11.0. The Labute approximate surface area is 29.0 Å². The molecule has 0 aliphatic carbocycles. The average molecular weight is 68.1 g/mol. The van der Waals surface area contributed by atoms with E-state index in [2.05, 4.69) is 15.4 Å². The summed E-state index contributed by atoms with van der Waals surface area (Å²) in [6.07, 6.45) is 3.06. The summed E-state index contributed by atoms with van der Waals surface area (Å²) < 4.78 is 0. The van der Waals surface area contributed by atoms with E-state index in [-0.39, 0.29) is 0 Å². The zero-order chi connectivity index (χ0) is 3.54. The van der Waals surface area contributed by atoms with Crippen LogP contribution in [0, 0.1) is 0 Å². The van der Waals surface area contributed by atoms with Crippen molar-refractivity contribution < 1.29 is 0 Å². The lowest BCUT2D eigenvalue weighted by Crippen LogP contribution is -1.68. The van der Waals surface area contributed by atoms with Crippen LogP contribution in [0.4, 0.5) is 0 Å². The van der Waals surface area contributed by atoms with Gasteiger partial charge in [0.2, 0.25) is 0 Å². The highest BCUT2D eigenvalue weighted by Gasteiger charge is 1.44. The van der Waals surface area contributed by atoms with E-state index in [9.17, 15) is 0 Å². The second kappa shape index (κ2) is 0.839. The summed E-state index contributed by atoms with van der Waals surface area (Å²) in [5.74, 6) is 0. The van der Waals surface area contributed by atoms with E-state index >= 15 is 0 Å². The van der Waals surface area contributed by atoms with Gasteiger partial charge in [-0.1, -0.05) is 0 Å². The fourth-order valence-electron chi connectivity index (χ4n) is 0.149. The van der Waals surface area contributed by atoms with Gasteiger partial charge in [0.1, 0.15) is 0 Å². The van der Waals surface area contributed by atoms with Crippen molar-refractivity contribution >= 4 is 0 Å². The molecule has 0 amide bonds. The molecule has 1 rings (SSSR count). The van der Waals surface area contributed by atoms with Crippen LogP contribution in [0.2, 0.25) is 0 Å². The molecule has 0 bridgehead atoms. The first kappa shape index (κ1) is 2.38. The van der Waals surface area contributed by atoms with Gasteiger partial charge in [0, 0.05) is 12.4 Å². The summed E-state index contributed by atoms with van der Waals surface area (Å²) in [6.45, 7) is 0.